The lowest BCUT2D eigenvalue weighted by molar-refractivity contribution is -0.141. The highest BCUT2D eigenvalue weighted by Crippen LogP contribution is 2.26. The molecule has 0 spiro atoms. The molecule has 0 radical (unpaired) electrons. The number of hydrogen-bond acceptors (Lipinski definition) is 4. The Labute approximate surface area is 162 Å². The van der Waals surface area contributed by atoms with Crippen molar-refractivity contribution in [2.24, 2.45) is 17.6 Å². The van der Waals surface area contributed by atoms with Crippen molar-refractivity contribution in [2.45, 2.75) is 51.5 Å². The van der Waals surface area contributed by atoms with E-state index in [9.17, 15) is 9.59 Å². The Morgan fingerprint density at radius 3 is 2.30 bits per heavy atom. The molecule has 1 aromatic rings. The molecule has 5 heteroatoms. The fraction of sp³-hybridized carbons (Fsp3) is 0.636. The van der Waals surface area contributed by atoms with Gasteiger partial charge in [0.15, 0.2) is 5.78 Å². The van der Waals surface area contributed by atoms with E-state index in [1.807, 2.05) is 17.0 Å². The van der Waals surface area contributed by atoms with Crippen LogP contribution in [0.2, 0.25) is 0 Å². The maximum Gasteiger partial charge on any atom is 0.242 e. The highest BCUT2D eigenvalue weighted by Gasteiger charge is 2.40. The second-order valence-electron chi connectivity index (χ2n) is 8.49. The van der Waals surface area contributed by atoms with E-state index < -0.39 is 5.54 Å². The number of carbonyl (C=O) groups excluding carboxylic acids is 2. The van der Waals surface area contributed by atoms with Gasteiger partial charge < -0.3 is 15.4 Å². The number of hydrogen-bond donors (Lipinski definition) is 1. The molecule has 3 rings (SSSR count). The Balaban J connectivity index is 1.55. The normalized spacial score (nSPS) is 20.7. The van der Waals surface area contributed by atoms with Crippen LogP contribution in [-0.2, 0) is 16.0 Å². The number of nitrogens with two attached hydrogens (primary N) is 1. The molecule has 148 valence electrons. The fourth-order valence-electron chi connectivity index (χ4n) is 4.12. The maximum atomic E-state index is 12.8. The van der Waals surface area contributed by atoms with Crippen molar-refractivity contribution >= 4 is 11.7 Å². The zero-order chi connectivity index (χ0) is 19.4. The van der Waals surface area contributed by atoms with Crippen molar-refractivity contribution in [3.63, 3.8) is 0 Å². The number of ether oxygens (including phenoxy) is 1. The van der Waals surface area contributed by atoms with Gasteiger partial charge in [-0.2, -0.15) is 0 Å². The van der Waals surface area contributed by atoms with Crippen LogP contribution in [0, 0.1) is 11.8 Å². The molecule has 2 N–H and O–H groups in total. The summed E-state index contributed by atoms with van der Waals surface area (Å²) in [4.78, 5) is 27.5. The van der Waals surface area contributed by atoms with Gasteiger partial charge in [0, 0.05) is 37.8 Å². The maximum absolute atomic E-state index is 12.8. The molecule has 0 atom stereocenters. The third-order valence-electron chi connectivity index (χ3n) is 5.85. The molecule has 2 aliphatic rings. The highest BCUT2D eigenvalue weighted by molar-refractivity contribution is 5.98. The van der Waals surface area contributed by atoms with Gasteiger partial charge >= 0.3 is 0 Å². The zero-order valence-corrected chi connectivity index (χ0v) is 16.6. The van der Waals surface area contributed by atoms with Crippen LogP contribution in [0.15, 0.2) is 24.3 Å². The Hall–Kier alpha value is -1.72. The Morgan fingerprint density at radius 1 is 1.15 bits per heavy atom. The number of likely N-dealkylation sites (tertiary alicyclic amines) is 1. The topological polar surface area (TPSA) is 72.6 Å². The summed E-state index contributed by atoms with van der Waals surface area (Å²) in [7, 11) is 0. The van der Waals surface area contributed by atoms with Crippen LogP contribution in [0.4, 0.5) is 0 Å². The summed E-state index contributed by atoms with van der Waals surface area (Å²) in [6.07, 6.45) is 3.61. The van der Waals surface area contributed by atoms with Gasteiger partial charge in [-0.05, 0) is 43.6 Å². The lowest BCUT2D eigenvalue weighted by atomic mass is 9.85. The van der Waals surface area contributed by atoms with E-state index in [4.69, 9.17) is 10.5 Å². The van der Waals surface area contributed by atoms with Crippen molar-refractivity contribution in [3.8, 4) is 0 Å². The molecule has 0 aromatic heterocycles. The summed E-state index contributed by atoms with van der Waals surface area (Å²) in [5.74, 6) is 0.824. The minimum Gasteiger partial charge on any atom is -0.381 e. The monoisotopic (exact) mass is 372 g/mol. The summed E-state index contributed by atoms with van der Waals surface area (Å²) in [5.41, 5.74) is 7.59. The van der Waals surface area contributed by atoms with Gasteiger partial charge in [-0.1, -0.05) is 38.1 Å². The van der Waals surface area contributed by atoms with Crippen molar-refractivity contribution in [1.29, 1.82) is 0 Å². The molecular formula is C22H32N2O3. The summed E-state index contributed by atoms with van der Waals surface area (Å²) in [6, 6.07) is 8.04. The molecule has 1 amide bonds. The molecular weight excluding hydrogens is 340 g/mol. The largest absolute Gasteiger partial charge is 0.381 e. The van der Waals surface area contributed by atoms with Crippen molar-refractivity contribution in [1.82, 2.24) is 4.90 Å². The number of piperidine rings is 1. The van der Waals surface area contributed by atoms with E-state index in [1.54, 1.807) is 0 Å². The third-order valence-corrected chi connectivity index (χ3v) is 5.85. The van der Waals surface area contributed by atoms with Crippen LogP contribution in [0.25, 0.3) is 0 Å². The number of rotatable bonds is 5. The summed E-state index contributed by atoms with van der Waals surface area (Å²) < 4.78 is 5.33. The van der Waals surface area contributed by atoms with Crippen LogP contribution in [0.5, 0.6) is 0 Å². The van der Waals surface area contributed by atoms with Crippen molar-refractivity contribution in [3.05, 3.63) is 35.4 Å². The predicted molar refractivity (Wildman–Crippen MR) is 106 cm³/mol. The average molecular weight is 373 g/mol. The van der Waals surface area contributed by atoms with Crippen LogP contribution < -0.4 is 5.73 Å². The molecule has 2 saturated heterocycles. The Morgan fingerprint density at radius 2 is 1.74 bits per heavy atom. The minimum absolute atomic E-state index is 0.00610. The van der Waals surface area contributed by atoms with Gasteiger partial charge in [-0.25, -0.2) is 0 Å². The molecule has 0 aliphatic carbocycles. The van der Waals surface area contributed by atoms with Crippen LogP contribution >= 0.6 is 0 Å². The van der Waals surface area contributed by atoms with Crippen molar-refractivity contribution in [2.75, 3.05) is 26.3 Å². The quantitative estimate of drug-likeness (QED) is 0.807. The number of benzene rings is 1. The van der Waals surface area contributed by atoms with Crippen molar-refractivity contribution < 1.29 is 14.3 Å². The molecule has 0 unspecified atom stereocenters. The van der Waals surface area contributed by atoms with Crippen LogP contribution in [0.1, 0.15) is 55.5 Å². The first-order valence-electron chi connectivity index (χ1n) is 10.2. The number of amides is 1. The van der Waals surface area contributed by atoms with Gasteiger partial charge in [0.2, 0.25) is 5.91 Å². The van der Waals surface area contributed by atoms with E-state index in [-0.39, 0.29) is 17.6 Å². The van der Waals surface area contributed by atoms with Gasteiger partial charge in [-0.15, -0.1) is 0 Å². The SMILES string of the molecule is CC(C)Cc1ccc(C(=O)C2CCN(C(=O)C3(N)CCOCC3)CC2)cc1. The van der Waals surface area contributed by atoms with E-state index in [0.717, 1.165) is 12.0 Å². The Kier molecular flexibility index (Phi) is 6.33. The molecule has 2 fully saturated rings. The van der Waals surface area contributed by atoms with Crippen LogP contribution in [0.3, 0.4) is 0 Å². The number of Topliss-reactive ketones (excluding diaryl/α,β-unsaturated/α-hetero) is 1. The van der Waals surface area contributed by atoms with E-state index in [0.29, 0.717) is 57.9 Å². The zero-order valence-electron chi connectivity index (χ0n) is 16.6. The fourth-order valence-corrected chi connectivity index (χ4v) is 4.12. The molecule has 27 heavy (non-hydrogen) atoms. The average Bonchev–Trinajstić information content (AvgIpc) is 2.68. The van der Waals surface area contributed by atoms with E-state index in [1.165, 1.54) is 5.56 Å². The molecule has 1 aromatic carbocycles. The molecule has 5 nitrogen and oxygen atoms in total. The summed E-state index contributed by atoms with van der Waals surface area (Å²) in [5, 5.41) is 0. The second kappa shape index (κ2) is 8.53. The molecule has 2 aliphatic heterocycles. The smallest absolute Gasteiger partial charge is 0.242 e. The number of ketones is 1. The molecule has 0 saturated carbocycles. The Bertz CT molecular complexity index is 655. The highest BCUT2D eigenvalue weighted by atomic mass is 16.5. The predicted octanol–water partition coefficient (Wildman–Crippen LogP) is 2.81. The standard InChI is InChI=1S/C22H32N2O3/c1-16(2)15-17-3-5-18(6-4-17)20(25)19-7-11-24(12-8-19)21(26)22(23)9-13-27-14-10-22/h3-6,16,19H,7-15,23H2,1-2H3. The molecule has 2 heterocycles. The first kappa shape index (κ1) is 20.0. The lowest BCUT2D eigenvalue weighted by Crippen LogP contribution is -2.59. The van der Waals surface area contributed by atoms with Gasteiger partial charge in [0.05, 0.1) is 5.54 Å². The third kappa shape index (κ3) is 4.77. The van der Waals surface area contributed by atoms with Gasteiger partial charge in [0.25, 0.3) is 0 Å². The second-order valence-corrected chi connectivity index (χ2v) is 8.49. The van der Waals surface area contributed by atoms with Gasteiger partial charge in [0.1, 0.15) is 0 Å². The summed E-state index contributed by atoms with van der Waals surface area (Å²) in [6.45, 7) is 6.70. The van der Waals surface area contributed by atoms with Gasteiger partial charge in [-0.3, -0.25) is 9.59 Å². The minimum atomic E-state index is -0.790. The number of nitrogens with zero attached hydrogens (tertiary/aromatic N) is 1. The number of carbonyl (C=O) groups is 2. The molecule has 0 bridgehead atoms. The van der Waals surface area contributed by atoms with Crippen LogP contribution in [-0.4, -0.2) is 48.4 Å². The first-order chi connectivity index (χ1) is 12.9. The van der Waals surface area contributed by atoms with E-state index in [2.05, 4.69) is 26.0 Å². The summed E-state index contributed by atoms with van der Waals surface area (Å²) >= 11 is 0. The van der Waals surface area contributed by atoms with E-state index >= 15 is 0 Å². The first-order valence-corrected chi connectivity index (χ1v) is 10.2. The lowest BCUT2D eigenvalue weighted by Gasteiger charge is -2.39.